The largest absolute Gasteiger partial charge is 0.468 e. The zero-order valence-electron chi connectivity index (χ0n) is 10.9. The van der Waals surface area contributed by atoms with Crippen LogP contribution >= 0.6 is 0 Å². The van der Waals surface area contributed by atoms with Crippen LogP contribution in [0.25, 0.3) is 5.65 Å². The summed E-state index contributed by atoms with van der Waals surface area (Å²) in [5.41, 5.74) is 0.858. The Kier molecular flexibility index (Phi) is 3.05. The lowest BCUT2D eigenvalue weighted by Crippen LogP contribution is -2.23. The highest BCUT2D eigenvalue weighted by Gasteiger charge is 2.17. The lowest BCUT2D eigenvalue weighted by atomic mass is 10.2. The van der Waals surface area contributed by atoms with Crippen molar-refractivity contribution in [2.75, 3.05) is 0 Å². The van der Waals surface area contributed by atoms with E-state index in [0.29, 0.717) is 0 Å². The first-order valence-electron chi connectivity index (χ1n) is 6.35. The molecule has 0 saturated heterocycles. The molecule has 3 rings (SSSR count). The minimum absolute atomic E-state index is 0.0810. The second kappa shape index (κ2) is 4.85. The minimum atomic E-state index is 0.0810. The van der Waals surface area contributed by atoms with Gasteiger partial charge in [0.25, 0.3) is 0 Å². The van der Waals surface area contributed by atoms with Crippen LogP contribution in [0.15, 0.2) is 47.2 Å². The maximum Gasteiger partial charge on any atom is 0.160 e. The zero-order valence-corrected chi connectivity index (χ0v) is 10.9. The van der Waals surface area contributed by atoms with E-state index in [1.807, 2.05) is 40.9 Å². The normalized spacial score (nSPS) is 14.6. The number of nitrogens with one attached hydrogen (secondary N) is 1. The molecular formula is C14H16N4O. The summed E-state index contributed by atoms with van der Waals surface area (Å²) in [6.45, 7) is 4.14. The van der Waals surface area contributed by atoms with Crippen LogP contribution in [0.2, 0.25) is 0 Å². The Morgan fingerprint density at radius 3 is 2.79 bits per heavy atom. The molecule has 0 fully saturated rings. The van der Waals surface area contributed by atoms with Crippen LogP contribution in [0, 0.1) is 0 Å². The van der Waals surface area contributed by atoms with Crippen LogP contribution in [-0.2, 0) is 0 Å². The van der Waals surface area contributed by atoms with Gasteiger partial charge >= 0.3 is 0 Å². The van der Waals surface area contributed by atoms with Gasteiger partial charge < -0.3 is 4.42 Å². The summed E-state index contributed by atoms with van der Waals surface area (Å²) in [5.74, 6) is 1.81. The lowest BCUT2D eigenvalue weighted by molar-refractivity contribution is 0.395. The number of fused-ring (bicyclic) bond motifs is 1. The molecule has 0 aromatic carbocycles. The van der Waals surface area contributed by atoms with Crippen LogP contribution in [-0.4, -0.2) is 14.6 Å². The molecule has 0 aliphatic heterocycles. The fourth-order valence-electron chi connectivity index (χ4n) is 2.22. The van der Waals surface area contributed by atoms with Crippen LogP contribution in [0.4, 0.5) is 0 Å². The Balaban J connectivity index is 1.82. The van der Waals surface area contributed by atoms with Crippen molar-refractivity contribution in [3.63, 3.8) is 0 Å². The van der Waals surface area contributed by atoms with Gasteiger partial charge in [0.05, 0.1) is 18.3 Å². The molecule has 5 heteroatoms. The van der Waals surface area contributed by atoms with Crippen molar-refractivity contribution in [3.05, 3.63) is 54.4 Å². The second-order valence-corrected chi connectivity index (χ2v) is 4.61. The predicted octanol–water partition coefficient (Wildman–Crippen LogP) is 2.73. The predicted molar refractivity (Wildman–Crippen MR) is 71.7 cm³/mol. The summed E-state index contributed by atoms with van der Waals surface area (Å²) in [5, 5.41) is 11.9. The van der Waals surface area contributed by atoms with E-state index in [1.165, 1.54) is 0 Å². The average Bonchev–Trinajstić information content (AvgIpc) is 3.08. The molecule has 5 nitrogen and oxygen atoms in total. The van der Waals surface area contributed by atoms with Crippen LogP contribution in [0.1, 0.15) is 37.5 Å². The van der Waals surface area contributed by atoms with E-state index in [-0.39, 0.29) is 12.1 Å². The maximum absolute atomic E-state index is 5.40. The topological polar surface area (TPSA) is 55.4 Å². The Hall–Kier alpha value is -2.14. The van der Waals surface area contributed by atoms with Crippen molar-refractivity contribution in [1.29, 1.82) is 0 Å². The van der Waals surface area contributed by atoms with E-state index < -0.39 is 0 Å². The first kappa shape index (κ1) is 11.9. The number of hydrogen-bond donors (Lipinski definition) is 1. The average molecular weight is 256 g/mol. The van der Waals surface area contributed by atoms with Gasteiger partial charge in [0, 0.05) is 6.20 Å². The first-order valence-corrected chi connectivity index (χ1v) is 6.35. The summed E-state index contributed by atoms with van der Waals surface area (Å²) in [6, 6.07) is 9.94. The van der Waals surface area contributed by atoms with Crippen LogP contribution in [0.3, 0.4) is 0 Å². The Morgan fingerprint density at radius 1 is 1.11 bits per heavy atom. The second-order valence-electron chi connectivity index (χ2n) is 4.61. The molecule has 2 atom stereocenters. The molecule has 0 radical (unpaired) electrons. The van der Waals surface area contributed by atoms with Gasteiger partial charge in [-0.05, 0) is 38.1 Å². The Bertz CT molecular complexity index is 659. The minimum Gasteiger partial charge on any atom is -0.468 e. The third kappa shape index (κ3) is 2.24. The molecule has 1 N–H and O–H groups in total. The molecule has 0 aliphatic rings. The van der Waals surface area contributed by atoms with E-state index in [9.17, 15) is 0 Å². The van der Waals surface area contributed by atoms with Gasteiger partial charge in [-0.25, -0.2) is 0 Å². The van der Waals surface area contributed by atoms with Crippen molar-refractivity contribution < 1.29 is 4.42 Å². The summed E-state index contributed by atoms with van der Waals surface area (Å²) in [6.07, 6.45) is 3.66. The third-order valence-electron chi connectivity index (χ3n) is 3.20. The molecule has 3 heterocycles. The summed E-state index contributed by atoms with van der Waals surface area (Å²) >= 11 is 0. The number of aromatic nitrogens is 3. The lowest BCUT2D eigenvalue weighted by Gasteiger charge is -2.17. The third-order valence-corrected chi connectivity index (χ3v) is 3.20. The van der Waals surface area contributed by atoms with Crippen molar-refractivity contribution >= 4 is 5.65 Å². The van der Waals surface area contributed by atoms with E-state index >= 15 is 0 Å². The van der Waals surface area contributed by atoms with Crippen LogP contribution < -0.4 is 5.32 Å². The van der Waals surface area contributed by atoms with Gasteiger partial charge in [-0.15, -0.1) is 10.2 Å². The summed E-state index contributed by atoms with van der Waals surface area (Å²) < 4.78 is 7.39. The molecule has 98 valence electrons. The number of rotatable bonds is 4. The molecule has 0 bridgehead atoms. The van der Waals surface area contributed by atoms with Crippen molar-refractivity contribution in [2.45, 2.75) is 25.9 Å². The number of nitrogens with zero attached hydrogens (tertiary/aromatic N) is 3. The van der Waals surface area contributed by atoms with Gasteiger partial charge in [0.15, 0.2) is 11.5 Å². The summed E-state index contributed by atoms with van der Waals surface area (Å²) in [7, 11) is 0. The molecule has 0 aliphatic carbocycles. The standard InChI is InChI=1S/C14H16N4O/c1-10(12-6-5-9-19-12)15-11(2)14-17-16-13-7-3-4-8-18(13)14/h3-11,15H,1-2H3. The highest BCUT2D eigenvalue weighted by Crippen LogP contribution is 2.19. The van der Waals surface area contributed by atoms with E-state index in [0.717, 1.165) is 17.2 Å². The Morgan fingerprint density at radius 2 is 2.00 bits per heavy atom. The molecule has 3 aromatic heterocycles. The number of furan rings is 1. The SMILES string of the molecule is CC(NC(C)c1nnc2ccccn12)c1ccco1. The summed E-state index contributed by atoms with van der Waals surface area (Å²) in [4.78, 5) is 0. The Labute approximate surface area is 111 Å². The first-order chi connectivity index (χ1) is 9.25. The highest BCUT2D eigenvalue weighted by molar-refractivity contribution is 5.37. The van der Waals surface area contributed by atoms with Crippen molar-refractivity contribution in [3.8, 4) is 0 Å². The molecule has 0 amide bonds. The number of hydrogen-bond acceptors (Lipinski definition) is 4. The van der Waals surface area contributed by atoms with Gasteiger partial charge in [-0.1, -0.05) is 6.07 Å². The maximum atomic E-state index is 5.40. The van der Waals surface area contributed by atoms with Crippen molar-refractivity contribution in [2.24, 2.45) is 0 Å². The quantitative estimate of drug-likeness (QED) is 0.779. The van der Waals surface area contributed by atoms with E-state index in [1.54, 1.807) is 6.26 Å². The van der Waals surface area contributed by atoms with Gasteiger partial charge in [-0.3, -0.25) is 9.72 Å². The molecular weight excluding hydrogens is 240 g/mol. The molecule has 19 heavy (non-hydrogen) atoms. The highest BCUT2D eigenvalue weighted by atomic mass is 16.3. The van der Waals surface area contributed by atoms with Gasteiger partial charge in [0.1, 0.15) is 5.76 Å². The smallest absolute Gasteiger partial charge is 0.160 e. The number of pyridine rings is 1. The van der Waals surface area contributed by atoms with Crippen LogP contribution in [0.5, 0.6) is 0 Å². The van der Waals surface area contributed by atoms with E-state index in [2.05, 4.69) is 29.4 Å². The molecule has 0 spiro atoms. The van der Waals surface area contributed by atoms with Crippen molar-refractivity contribution in [1.82, 2.24) is 19.9 Å². The fraction of sp³-hybridized carbons (Fsp3) is 0.286. The fourth-order valence-corrected chi connectivity index (χ4v) is 2.22. The van der Waals surface area contributed by atoms with Gasteiger partial charge in [-0.2, -0.15) is 0 Å². The molecule has 3 aromatic rings. The van der Waals surface area contributed by atoms with Gasteiger partial charge in [0.2, 0.25) is 0 Å². The van der Waals surface area contributed by atoms with E-state index in [4.69, 9.17) is 4.42 Å². The monoisotopic (exact) mass is 256 g/mol. The molecule has 0 saturated carbocycles. The zero-order chi connectivity index (χ0) is 13.2. The molecule has 2 unspecified atom stereocenters.